The van der Waals surface area contributed by atoms with Gasteiger partial charge in [-0.05, 0) is 37.1 Å². The van der Waals surface area contributed by atoms with E-state index in [9.17, 15) is 4.79 Å². The lowest BCUT2D eigenvalue weighted by Crippen LogP contribution is -2.38. The zero-order valence-electron chi connectivity index (χ0n) is 16.0. The number of hydrogen-bond acceptors (Lipinski definition) is 5. The fourth-order valence-electron chi connectivity index (χ4n) is 3.89. The Hall–Kier alpha value is -1.86. The first kappa shape index (κ1) is 18.5. The third kappa shape index (κ3) is 4.04. The molecule has 0 spiro atoms. The highest BCUT2D eigenvalue weighted by Gasteiger charge is 2.29. The quantitative estimate of drug-likeness (QED) is 0.820. The molecule has 1 aromatic carbocycles. The van der Waals surface area contributed by atoms with Gasteiger partial charge in [-0.25, -0.2) is 0 Å². The number of amides is 1. The molecular weight excluding hydrogens is 358 g/mol. The lowest BCUT2D eigenvalue weighted by molar-refractivity contribution is 0.0710. The van der Waals surface area contributed by atoms with E-state index in [-0.39, 0.29) is 5.91 Å². The molecule has 0 aliphatic carbocycles. The van der Waals surface area contributed by atoms with E-state index in [1.54, 1.807) is 0 Å². The van der Waals surface area contributed by atoms with Crippen LogP contribution in [0.2, 0.25) is 0 Å². The summed E-state index contributed by atoms with van der Waals surface area (Å²) in [5.74, 6) is 2.68. The number of fused-ring (bicyclic) bond motifs is 1. The number of hydrogen-bond donors (Lipinski definition) is 1. The van der Waals surface area contributed by atoms with Crippen molar-refractivity contribution >= 4 is 17.7 Å². The van der Waals surface area contributed by atoms with E-state index < -0.39 is 0 Å². The first-order valence-electron chi connectivity index (χ1n) is 9.80. The smallest absolute Gasteiger partial charge is 0.253 e. The minimum atomic E-state index is 0.141. The van der Waals surface area contributed by atoms with Crippen molar-refractivity contribution in [2.75, 3.05) is 19.6 Å². The van der Waals surface area contributed by atoms with E-state index in [1.165, 1.54) is 4.90 Å². The van der Waals surface area contributed by atoms with Crippen molar-refractivity contribution in [1.82, 2.24) is 25.0 Å². The lowest BCUT2D eigenvalue weighted by Gasteiger charge is -2.32. The molecule has 2 aliphatic heterocycles. The van der Waals surface area contributed by atoms with Gasteiger partial charge in [0.25, 0.3) is 5.91 Å². The maximum absolute atomic E-state index is 12.8. The van der Waals surface area contributed by atoms with Crippen molar-refractivity contribution in [3.63, 3.8) is 0 Å². The SMILES string of the molecule is CC(C)Sc1ccc(C(=O)N2CCC(c3nnc4n3CCNC4)CC2)cc1. The van der Waals surface area contributed by atoms with Crippen molar-refractivity contribution in [1.29, 1.82) is 0 Å². The molecule has 0 bridgehead atoms. The number of aromatic nitrogens is 3. The maximum Gasteiger partial charge on any atom is 0.253 e. The number of piperidine rings is 1. The monoisotopic (exact) mass is 385 g/mol. The summed E-state index contributed by atoms with van der Waals surface area (Å²) >= 11 is 1.82. The molecule has 0 atom stereocenters. The average Bonchev–Trinajstić information content (AvgIpc) is 3.12. The van der Waals surface area contributed by atoms with Gasteiger partial charge in [0.2, 0.25) is 0 Å². The van der Waals surface area contributed by atoms with Crippen molar-refractivity contribution in [2.45, 2.75) is 55.8 Å². The van der Waals surface area contributed by atoms with Crippen LogP contribution in [0.3, 0.4) is 0 Å². The molecule has 6 nitrogen and oxygen atoms in total. The summed E-state index contributed by atoms with van der Waals surface area (Å²) < 4.78 is 2.27. The number of nitrogens with zero attached hydrogens (tertiary/aromatic N) is 4. The molecule has 1 N–H and O–H groups in total. The van der Waals surface area contributed by atoms with Gasteiger partial charge in [-0.3, -0.25) is 4.79 Å². The zero-order chi connectivity index (χ0) is 18.8. The maximum atomic E-state index is 12.8. The van der Waals surface area contributed by atoms with Crippen LogP contribution >= 0.6 is 11.8 Å². The van der Waals surface area contributed by atoms with Crippen LogP contribution in [0.4, 0.5) is 0 Å². The minimum absolute atomic E-state index is 0.141. The van der Waals surface area contributed by atoms with Gasteiger partial charge in [-0.15, -0.1) is 22.0 Å². The second-order valence-electron chi connectivity index (χ2n) is 7.56. The zero-order valence-corrected chi connectivity index (χ0v) is 16.8. The highest BCUT2D eigenvalue weighted by Crippen LogP contribution is 2.29. The normalized spacial score (nSPS) is 18.0. The van der Waals surface area contributed by atoms with E-state index in [2.05, 4.69) is 46.1 Å². The molecule has 0 unspecified atom stereocenters. The van der Waals surface area contributed by atoms with Crippen LogP contribution in [0.5, 0.6) is 0 Å². The molecular formula is C20H27N5OS. The number of nitrogens with one attached hydrogen (secondary N) is 1. The predicted molar refractivity (Wildman–Crippen MR) is 107 cm³/mol. The van der Waals surface area contributed by atoms with Crippen LogP contribution in [-0.4, -0.2) is 50.5 Å². The fourth-order valence-corrected chi connectivity index (χ4v) is 4.73. The Morgan fingerprint density at radius 1 is 1.15 bits per heavy atom. The number of rotatable bonds is 4. The summed E-state index contributed by atoms with van der Waals surface area (Å²) in [6.45, 7) is 8.64. The summed E-state index contributed by atoms with van der Waals surface area (Å²) in [5, 5.41) is 12.7. The molecule has 1 aromatic heterocycles. The standard InChI is InChI=1S/C20H27N5OS/c1-14(2)27-17-5-3-16(4-6-17)20(26)24-10-7-15(8-11-24)19-23-22-18-13-21-9-12-25(18)19/h3-6,14-15,21H,7-13H2,1-2H3. The van der Waals surface area contributed by atoms with E-state index in [0.717, 1.165) is 62.8 Å². The molecule has 0 radical (unpaired) electrons. The Morgan fingerprint density at radius 2 is 1.89 bits per heavy atom. The third-order valence-corrected chi connectivity index (χ3v) is 6.29. The second-order valence-corrected chi connectivity index (χ2v) is 9.21. The van der Waals surface area contributed by atoms with Gasteiger partial charge in [-0.2, -0.15) is 0 Å². The van der Waals surface area contributed by atoms with Gasteiger partial charge in [0.15, 0.2) is 0 Å². The van der Waals surface area contributed by atoms with Crippen LogP contribution in [0.1, 0.15) is 54.6 Å². The number of carbonyl (C=O) groups excluding carboxylic acids is 1. The molecule has 1 saturated heterocycles. The largest absolute Gasteiger partial charge is 0.339 e. The molecule has 2 aromatic rings. The molecule has 1 fully saturated rings. The number of benzene rings is 1. The number of carbonyl (C=O) groups is 1. The second kappa shape index (κ2) is 8.02. The van der Waals surface area contributed by atoms with E-state index in [4.69, 9.17) is 0 Å². The van der Waals surface area contributed by atoms with Crippen molar-refractivity contribution in [3.05, 3.63) is 41.5 Å². The summed E-state index contributed by atoms with van der Waals surface area (Å²) in [5.41, 5.74) is 0.785. The van der Waals surface area contributed by atoms with Gasteiger partial charge in [0, 0.05) is 47.8 Å². The van der Waals surface area contributed by atoms with Gasteiger partial charge in [0.1, 0.15) is 11.6 Å². The van der Waals surface area contributed by atoms with Crippen LogP contribution < -0.4 is 5.32 Å². The van der Waals surface area contributed by atoms with Crippen molar-refractivity contribution in [3.8, 4) is 0 Å². The summed E-state index contributed by atoms with van der Waals surface area (Å²) in [7, 11) is 0. The topological polar surface area (TPSA) is 63.1 Å². The average molecular weight is 386 g/mol. The number of likely N-dealkylation sites (tertiary alicyclic amines) is 1. The van der Waals surface area contributed by atoms with Crippen LogP contribution in [0.25, 0.3) is 0 Å². The van der Waals surface area contributed by atoms with Crippen LogP contribution in [0, 0.1) is 0 Å². The summed E-state index contributed by atoms with van der Waals surface area (Å²) in [6, 6.07) is 8.03. The fraction of sp³-hybridized carbons (Fsp3) is 0.550. The highest BCUT2D eigenvalue weighted by molar-refractivity contribution is 7.99. The van der Waals surface area contributed by atoms with Gasteiger partial charge < -0.3 is 14.8 Å². The van der Waals surface area contributed by atoms with Gasteiger partial charge >= 0.3 is 0 Å². The molecule has 7 heteroatoms. The van der Waals surface area contributed by atoms with Crippen LogP contribution in [-0.2, 0) is 13.1 Å². The van der Waals surface area contributed by atoms with Gasteiger partial charge in [0.05, 0.1) is 6.54 Å². The molecule has 0 saturated carbocycles. The van der Waals surface area contributed by atoms with E-state index in [1.807, 2.05) is 28.8 Å². The minimum Gasteiger partial charge on any atom is -0.339 e. The lowest BCUT2D eigenvalue weighted by atomic mass is 9.95. The van der Waals surface area contributed by atoms with Crippen molar-refractivity contribution < 1.29 is 4.79 Å². The van der Waals surface area contributed by atoms with Crippen LogP contribution in [0.15, 0.2) is 29.2 Å². The Morgan fingerprint density at radius 3 is 2.59 bits per heavy atom. The molecule has 4 rings (SSSR count). The molecule has 3 heterocycles. The van der Waals surface area contributed by atoms with E-state index in [0.29, 0.717) is 11.2 Å². The third-order valence-electron chi connectivity index (χ3n) is 5.27. The van der Waals surface area contributed by atoms with Gasteiger partial charge in [-0.1, -0.05) is 13.8 Å². The highest BCUT2D eigenvalue weighted by atomic mass is 32.2. The van der Waals surface area contributed by atoms with Crippen molar-refractivity contribution in [2.24, 2.45) is 0 Å². The first-order chi connectivity index (χ1) is 13.1. The Labute approximate surface area is 164 Å². The number of thioether (sulfide) groups is 1. The first-order valence-corrected chi connectivity index (χ1v) is 10.7. The molecule has 1 amide bonds. The Kier molecular flexibility index (Phi) is 5.50. The van der Waals surface area contributed by atoms with E-state index >= 15 is 0 Å². The summed E-state index contributed by atoms with van der Waals surface area (Å²) in [6.07, 6.45) is 1.91. The molecule has 144 valence electrons. The predicted octanol–water partition coefficient (Wildman–Crippen LogP) is 2.90. The Balaban J connectivity index is 1.37. The molecule has 2 aliphatic rings. The summed E-state index contributed by atoms with van der Waals surface area (Å²) in [4.78, 5) is 16.0. The molecule has 27 heavy (non-hydrogen) atoms. The Bertz CT molecular complexity index is 793.